The highest BCUT2D eigenvalue weighted by Gasteiger charge is 2.33. The fraction of sp³-hybridized carbons (Fsp3) is 0.429. The predicted octanol–water partition coefficient (Wildman–Crippen LogP) is 1.92. The summed E-state index contributed by atoms with van der Waals surface area (Å²) in [7, 11) is 3.44. The number of ether oxygens (including phenoxy) is 1. The summed E-state index contributed by atoms with van der Waals surface area (Å²) in [5, 5.41) is 13.5. The van der Waals surface area contributed by atoms with Gasteiger partial charge in [0.15, 0.2) is 5.65 Å². The number of pyridine rings is 1. The molecule has 162 valence electrons. The quantitative estimate of drug-likeness (QED) is 0.532. The molecular weight excluding hydrogens is 398 g/mol. The number of nitrogens with zero attached hydrogens (tertiary/aromatic N) is 4. The first kappa shape index (κ1) is 19.6. The number of carbonyl (C=O) groups excluding carboxylic acids is 1. The minimum Gasteiger partial charge on any atom is -0.379 e. The van der Waals surface area contributed by atoms with Crippen molar-refractivity contribution < 1.29 is 9.53 Å². The molecule has 0 aromatic carbocycles. The number of fused-ring (bicyclic) bond motifs is 1. The Kier molecular flexibility index (Phi) is 4.85. The molecular formula is C21H25N7O3. The van der Waals surface area contributed by atoms with Crippen molar-refractivity contribution in [1.29, 1.82) is 0 Å². The molecule has 2 aliphatic rings. The van der Waals surface area contributed by atoms with Crippen LogP contribution in [-0.2, 0) is 4.74 Å². The molecule has 0 bridgehead atoms. The lowest BCUT2D eigenvalue weighted by Crippen LogP contribution is -2.40. The van der Waals surface area contributed by atoms with E-state index in [4.69, 9.17) is 4.74 Å². The second-order valence-electron chi connectivity index (χ2n) is 8.00. The van der Waals surface area contributed by atoms with E-state index in [1.54, 1.807) is 41.6 Å². The number of rotatable bonds is 7. The van der Waals surface area contributed by atoms with E-state index >= 15 is 0 Å². The number of hydrogen-bond acceptors (Lipinski definition) is 7. The van der Waals surface area contributed by atoms with Crippen molar-refractivity contribution in [1.82, 2.24) is 24.5 Å². The topological polar surface area (TPSA) is 115 Å². The van der Waals surface area contributed by atoms with Crippen molar-refractivity contribution in [2.45, 2.75) is 43.9 Å². The van der Waals surface area contributed by atoms with Gasteiger partial charge < -0.3 is 25.3 Å². The number of amides is 1. The summed E-state index contributed by atoms with van der Waals surface area (Å²) in [5.74, 6) is 0.902. The van der Waals surface area contributed by atoms with Gasteiger partial charge in [0.2, 0.25) is 0 Å². The van der Waals surface area contributed by atoms with Gasteiger partial charge in [-0.15, -0.1) is 0 Å². The Hall–Kier alpha value is -3.40. The van der Waals surface area contributed by atoms with Crippen LogP contribution in [0.25, 0.3) is 5.65 Å². The Morgan fingerprint density at radius 1 is 1.26 bits per heavy atom. The van der Waals surface area contributed by atoms with Gasteiger partial charge in [0.1, 0.15) is 22.9 Å². The fourth-order valence-electron chi connectivity index (χ4n) is 3.91. The zero-order valence-corrected chi connectivity index (χ0v) is 17.5. The molecule has 0 aliphatic heterocycles. The molecule has 0 unspecified atom stereocenters. The first-order chi connectivity index (χ1) is 15.1. The molecule has 2 saturated carbocycles. The van der Waals surface area contributed by atoms with Crippen molar-refractivity contribution in [2.75, 3.05) is 24.8 Å². The second kappa shape index (κ2) is 7.69. The Morgan fingerprint density at radius 2 is 2.10 bits per heavy atom. The monoisotopic (exact) mass is 423 g/mol. The molecule has 5 rings (SSSR count). The Labute approximate surface area is 178 Å². The standard InChI is InChI=1S/C21H25N7O3/c1-22-18-10-17(26-19-13(11-23-28(18)19)20(29)24-12-5-6-12)25-14-4-3-9-27(21(14)30)15-7-8-16(15)31-2/h3-4,9-12,15-16,22H,5-8H2,1-2H3,(H,24,29)(H,25,26)/t15-,16-/m1/s1. The van der Waals surface area contributed by atoms with Crippen molar-refractivity contribution >= 4 is 28.9 Å². The number of methoxy groups -OCH3 is 1. The zero-order valence-electron chi connectivity index (χ0n) is 17.5. The Balaban J connectivity index is 1.49. The van der Waals surface area contributed by atoms with E-state index in [1.165, 1.54) is 6.20 Å². The van der Waals surface area contributed by atoms with Crippen LogP contribution in [0.2, 0.25) is 0 Å². The molecule has 0 saturated heterocycles. The lowest BCUT2D eigenvalue weighted by Gasteiger charge is -2.36. The van der Waals surface area contributed by atoms with E-state index in [0.29, 0.717) is 28.5 Å². The maximum absolute atomic E-state index is 13.1. The molecule has 3 heterocycles. The second-order valence-corrected chi connectivity index (χ2v) is 8.00. The summed E-state index contributed by atoms with van der Waals surface area (Å²) >= 11 is 0. The number of nitrogens with one attached hydrogen (secondary N) is 3. The summed E-state index contributed by atoms with van der Waals surface area (Å²) < 4.78 is 8.75. The number of anilines is 3. The normalized spacial score (nSPS) is 20.3. The van der Waals surface area contributed by atoms with E-state index in [2.05, 4.69) is 26.0 Å². The minimum atomic E-state index is -0.193. The van der Waals surface area contributed by atoms with Crippen LogP contribution < -0.4 is 21.5 Å². The molecule has 0 radical (unpaired) electrons. The van der Waals surface area contributed by atoms with Crippen LogP contribution in [0, 0.1) is 0 Å². The van der Waals surface area contributed by atoms with E-state index < -0.39 is 0 Å². The van der Waals surface area contributed by atoms with Gasteiger partial charge in [-0.1, -0.05) is 0 Å². The van der Waals surface area contributed by atoms with Crippen molar-refractivity contribution in [3.63, 3.8) is 0 Å². The average molecular weight is 423 g/mol. The minimum absolute atomic E-state index is 0.0371. The molecule has 10 nitrogen and oxygen atoms in total. The highest BCUT2D eigenvalue weighted by Crippen LogP contribution is 2.33. The Bertz CT molecular complexity index is 1200. The first-order valence-electron chi connectivity index (χ1n) is 10.5. The molecule has 3 N–H and O–H groups in total. The van der Waals surface area contributed by atoms with Crippen LogP contribution in [0.15, 0.2) is 35.4 Å². The van der Waals surface area contributed by atoms with Crippen LogP contribution >= 0.6 is 0 Å². The largest absolute Gasteiger partial charge is 0.379 e. The maximum atomic E-state index is 13.1. The third-order valence-electron chi connectivity index (χ3n) is 5.96. The molecule has 3 aromatic rings. The van der Waals surface area contributed by atoms with Gasteiger partial charge in [0.25, 0.3) is 11.5 Å². The SMILES string of the molecule is CNc1cc(Nc2cccn([C@@H]3CC[C@H]3OC)c2=O)nc2c(C(=O)NC3CC3)cnn12. The van der Waals surface area contributed by atoms with Gasteiger partial charge in [-0.25, -0.2) is 4.98 Å². The number of carbonyl (C=O) groups is 1. The molecule has 3 aromatic heterocycles. The van der Waals surface area contributed by atoms with Gasteiger partial charge in [0, 0.05) is 32.5 Å². The van der Waals surface area contributed by atoms with Gasteiger partial charge in [-0.3, -0.25) is 9.59 Å². The van der Waals surface area contributed by atoms with Crippen LogP contribution in [0.5, 0.6) is 0 Å². The van der Waals surface area contributed by atoms with Crippen LogP contribution in [-0.4, -0.2) is 51.4 Å². The molecule has 0 spiro atoms. The molecule has 31 heavy (non-hydrogen) atoms. The van der Waals surface area contributed by atoms with Gasteiger partial charge in [-0.2, -0.15) is 9.61 Å². The third-order valence-corrected chi connectivity index (χ3v) is 5.96. The van der Waals surface area contributed by atoms with Crippen molar-refractivity contribution in [2.24, 2.45) is 0 Å². The molecule has 1 amide bonds. The molecule has 2 aliphatic carbocycles. The smallest absolute Gasteiger partial charge is 0.274 e. The fourth-order valence-corrected chi connectivity index (χ4v) is 3.91. The van der Waals surface area contributed by atoms with Gasteiger partial charge >= 0.3 is 0 Å². The Morgan fingerprint density at radius 3 is 2.77 bits per heavy atom. The van der Waals surface area contributed by atoms with Gasteiger partial charge in [0.05, 0.1) is 18.3 Å². The first-order valence-corrected chi connectivity index (χ1v) is 10.5. The molecule has 10 heteroatoms. The van der Waals surface area contributed by atoms with E-state index in [-0.39, 0.29) is 29.7 Å². The highest BCUT2D eigenvalue weighted by molar-refractivity contribution is 6.00. The van der Waals surface area contributed by atoms with Crippen LogP contribution in [0.3, 0.4) is 0 Å². The summed E-state index contributed by atoms with van der Waals surface area (Å²) in [6.45, 7) is 0. The van der Waals surface area contributed by atoms with Crippen molar-refractivity contribution in [3.8, 4) is 0 Å². The van der Waals surface area contributed by atoms with Crippen molar-refractivity contribution in [3.05, 3.63) is 46.5 Å². The van der Waals surface area contributed by atoms with E-state index in [0.717, 1.165) is 25.7 Å². The van der Waals surface area contributed by atoms with E-state index in [1.807, 2.05) is 6.07 Å². The lowest BCUT2D eigenvalue weighted by molar-refractivity contribution is -0.0103. The highest BCUT2D eigenvalue weighted by atomic mass is 16.5. The molecule has 2 atom stereocenters. The summed E-state index contributed by atoms with van der Waals surface area (Å²) in [6.07, 6.45) is 7.21. The predicted molar refractivity (Wildman–Crippen MR) is 116 cm³/mol. The summed E-state index contributed by atoms with van der Waals surface area (Å²) in [6, 6.07) is 5.58. The van der Waals surface area contributed by atoms with E-state index in [9.17, 15) is 9.59 Å². The van der Waals surface area contributed by atoms with Crippen LogP contribution in [0.1, 0.15) is 42.1 Å². The zero-order chi connectivity index (χ0) is 21.5. The number of aromatic nitrogens is 4. The summed E-state index contributed by atoms with van der Waals surface area (Å²) in [4.78, 5) is 30.2. The third kappa shape index (κ3) is 3.52. The van der Waals surface area contributed by atoms with Crippen LogP contribution in [0.4, 0.5) is 17.3 Å². The lowest BCUT2D eigenvalue weighted by atomic mass is 9.88. The maximum Gasteiger partial charge on any atom is 0.274 e. The number of hydrogen-bond donors (Lipinski definition) is 3. The summed E-state index contributed by atoms with van der Waals surface area (Å²) in [5.41, 5.74) is 1.09. The average Bonchev–Trinajstić information content (AvgIpc) is 3.45. The molecule has 2 fully saturated rings. The van der Waals surface area contributed by atoms with Gasteiger partial charge in [-0.05, 0) is 37.8 Å².